The Hall–Kier alpha value is -1.88. The number of nitrogens with two attached hydrogens (primary N) is 1. The predicted molar refractivity (Wildman–Crippen MR) is 91.4 cm³/mol. The molecule has 1 aromatic carbocycles. The van der Waals surface area contributed by atoms with Crippen LogP contribution in [0.1, 0.15) is 49.0 Å². The van der Waals surface area contributed by atoms with Crippen molar-refractivity contribution < 1.29 is 4.42 Å². The van der Waals surface area contributed by atoms with E-state index in [0.717, 1.165) is 17.9 Å². The molecule has 2 heterocycles. The lowest BCUT2D eigenvalue weighted by Gasteiger charge is -2.36. The van der Waals surface area contributed by atoms with Gasteiger partial charge < -0.3 is 10.2 Å². The van der Waals surface area contributed by atoms with Gasteiger partial charge >= 0.3 is 6.01 Å². The highest BCUT2D eigenvalue weighted by Gasteiger charge is 2.59. The van der Waals surface area contributed by atoms with E-state index >= 15 is 0 Å². The summed E-state index contributed by atoms with van der Waals surface area (Å²) in [6, 6.07) is 12.0. The minimum Gasteiger partial charge on any atom is -0.408 e. The lowest BCUT2D eigenvalue weighted by Crippen LogP contribution is -2.38. The molecule has 1 saturated heterocycles. The van der Waals surface area contributed by atoms with Gasteiger partial charge in [0.2, 0.25) is 5.89 Å². The molecule has 0 amide bonds. The van der Waals surface area contributed by atoms with Crippen LogP contribution in [0.3, 0.4) is 0 Å². The van der Waals surface area contributed by atoms with Crippen molar-refractivity contribution in [1.82, 2.24) is 15.1 Å². The topological polar surface area (TPSA) is 68.2 Å². The third kappa shape index (κ3) is 2.42. The number of fused-ring (bicyclic) bond motifs is 1. The van der Waals surface area contributed by atoms with Crippen LogP contribution in [0.5, 0.6) is 0 Å². The second kappa shape index (κ2) is 5.59. The summed E-state index contributed by atoms with van der Waals surface area (Å²) in [6.07, 6.45) is 5.31. The van der Waals surface area contributed by atoms with Crippen LogP contribution in [0.15, 0.2) is 34.7 Å². The van der Waals surface area contributed by atoms with Crippen molar-refractivity contribution in [2.45, 2.75) is 43.6 Å². The summed E-state index contributed by atoms with van der Waals surface area (Å²) < 4.78 is 5.42. The van der Waals surface area contributed by atoms with Gasteiger partial charge in [0.1, 0.15) is 0 Å². The van der Waals surface area contributed by atoms with E-state index in [-0.39, 0.29) is 6.01 Å². The quantitative estimate of drug-likeness (QED) is 0.940. The molecule has 0 bridgehead atoms. The Morgan fingerprint density at radius 1 is 0.958 bits per heavy atom. The first-order chi connectivity index (χ1) is 11.8. The molecular weight excluding hydrogens is 300 g/mol. The molecule has 2 N–H and O–H groups in total. The van der Waals surface area contributed by atoms with Gasteiger partial charge in [-0.15, -0.1) is 5.10 Å². The summed E-state index contributed by atoms with van der Waals surface area (Å²) in [5.74, 6) is 3.39. The molecule has 1 unspecified atom stereocenters. The molecule has 2 aromatic rings. The van der Waals surface area contributed by atoms with Crippen molar-refractivity contribution in [2.75, 3.05) is 18.8 Å². The first-order valence-corrected chi connectivity index (χ1v) is 9.17. The number of likely N-dealkylation sites (tertiary alicyclic amines) is 1. The largest absolute Gasteiger partial charge is 0.408 e. The molecule has 3 fully saturated rings. The second-order valence-corrected chi connectivity index (χ2v) is 7.70. The molecule has 1 aliphatic heterocycles. The molecule has 2 aliphatic carbocycles. The van der Waals surface area contributed by atoms with Crippen molar-refractivity contribution in [3.8, 4) is 0 Å². The average Bonchev–Trinajstić information content (AvgIpc) is 2.98. The minimum atomic E-state index is 0.200. The Kier molecular flexibility index (Phi) is 3.37. The van der Waals surface area contributed by atoms with Gasteiger partial charge in [-0.1, -0.05) is 35.4 Å². The highest BCUT2D eigenvalue weighted by molar-refractivity contribution is 5.22. The number of rotatable bonds is 3. The van der Waals surface area contributed by atoms with Crippen LogP contribution in [0.25, 0.3) is 0 Å². The molecule has 0 spiro atoms. The van der Waals surface area contributed by atoms with Crippen LogP contribution in [0.4, 0.5) is 6.01 Å². The Morgan fingerprint density at radius 3 is 2.29 bits per heavy atom. The third-order valence-corrected chi connectivity index (χ3v) is 6.45. The predicted octanol–water partition coefficient (Wildman–Crippen LogP) is 3.02. The maximum Gasteiger partial charge on any atom is 0.312 e. The molecule has 2 saturated carbocycles. The van der Waals surface area contributed by atoms with Gasteiger partial charge in [0.25, 0.3) is 0 Å². The zero-order valence-electron chi connectivity index (χ0n) is 13.8. The molecule has 5 nitrogen and oxygen atoms in total. The number of hydrogen-bond acceptors (Lipinski definition) is 5. The van der Waals surface area contributed by atoms with Crippen molar-refractivity contribution in [3.05, 3.63) is 41.8 Å². The fourth-order valence-electron chi connectivity index (χ4n) is 5.10. The van der Waals surface area contributed by atoms with Crippen LogP contribution in [-0.2, 0) is 0 Å². The van der Waals surface area contributed by atoms with Crippen LogP contribution >= 0.6 is 0 Å². The number of anilines is 1. The van der Waals surface area contributed by atoms with E-state index in [1.165, 1.54) is 44.3 Å². The summed E-state index contributed by atoms with van der Waals surface area (Å²) in [5.41, 5.74) is 7.07. The summed E-state index contributed by atoms with van der Waals surface area (Å²) in [4.78, 5) is 2.72. The summed E-state index contributed by atoms with van der Waals surface area (Å²) >= 11 is 0. The fourth-order valence-corrected chi connectivity index (χ4v) is 5.10. The maximum atomic E-state index is 5.55. The van der Waals surface area contributed by atoms with E-state index < -0.39 is 0 Å². The third-order valence-electron chi connectivity index (χ3n) is 6.45. The number of nitrogen functional groups attached to an aromatic ring is 1. The van der Waals surface area contributed by atoms with Crippen LogP contribution in [0, 0.1) is 11.8 Å². The molecule has 0 radical (unpaired) electrons. The lowest BCUT2D eigenvalue weighted by molar-refractivity contribution is 0.161. The minimum absolute atomic E-state index is 0.200. The SMILES string of the molecule is Nc1nnc(C2[C@H]3CN(C4CCC(c5ccccc5)CC4)C[C@@H]23)o1. The molecular formula is C19H24N4O. The standard InChI is InChI=1S/C19H24N4O/c20-19-22-21-18(24-19)17-15-10-23(11-16(15)17)14-8-6-13(7-9-14)12-4-2-1-3-5-12/h1-5,13-17H,6-11H2,(H2,20,22)/t13?,14?,15-,16+,17?. The zero-order chi connectivity index (χ0) is 16.1. The van der Waals surface area contributed by atoms with Gasteiger partial charge in [0.05, 0.1) is 0 Å². The van der Waals surface area contributed by atoms with E-state index in [0.29, 0.717) is 17.8 Å². The van der Waals surface area contributed by atoms with Crippen LogP contribution in [0.2, 0.25) is 0 Å². The lowest BCUT2D eigenvalue weighted by atomic mass is 9.81. The van der Waals surface area contributed by atoms with Crippen LogP contribution in [-0.4, -0.2) is 34.2 Å². The first kappa shape index (κ1) is 14.5. The number of piperidine rings is 1. The molecule has 5 rings (SSSR count). The number of nitrogens with zero attached hydrogens (tertiary/aromatic N) is 3. The number of aromatic nitrogens is 2. The van der Waals surface area contributed by atoms with Crippen molar-refractivity contribution in [2.24, 2.45) is 11.8 Å². The Balaban J connectivity index is 1.16. The van der Waals surface area contributed by atoms with Gasteiger partial charge in [-0.3, -0.25) is 4.90 Å². The summed E-state index contributed by atoms with van der Waals surface area (Å²) in [6.45, 7) is 2.39. The van der Waals surface area contributed by atoms with Crippen LogP contribution < -0.4 is 5.73 Å². The van der Waals surface area contributed by atoms with E-state index in [1.54, 1.807) is 0 Å². The molecule has 3 aliphatic rings. The summed E-state index contributed by atoms with van der Waals surface area (Å²) in [5, 5.41) is 7.88. The van der Waals surface area contributed by atoms with E-state index in [9.17, 15) is 0 Å². The van der Waals surface area contributed by atoms with Crippen molar-refractivity contribution >= 4 is 6.01 Å². The average molecular weight is 324 g/mol. The highest BCUT2D eigenvalue weighted by Crippen LogP contribution is 2.58. The van der Waals surface area contributed by atoms with E-state index in [2.05, 4.69) is 45.4 Å². The highest BCUT2D eigenvalue weighted by atomic mass is 16.4. The number of hydrogen-bond donors (Lipinski definition) is 1. The molecule has 3 atom stereocenters. The van der Waals surface area contributed by atoms with Crippen molar-refractivity contribution in [3.63, 3.8) is 0 Å². The van der Waals surface area contributed by atoms with Gasteiger partial charge in [-0.25, -0.2) is 0 Å². The molecule has 1 aromatic heterocycles. The second-order valence-electron chi connectivity index (χ2n) is 7.70. The number of benzene rings is 1. The Bertz CT molecular complexity index is 695. The van der Waals surface area contributed by atoms with E-state index in [4.69, 9.17) is 10.2 Å². The van der Waals surface area contributed by atoms with Gasteiger partial charge in [-0.05, 0) is 49.0 Å². The van der Waals surface area contributed by atoms with E-state index in [1.807, 2.05) is 0 Å². The molecule has 24 heavy (non-hydrogen) atoms. The smallest absolute Gasteiger partial charge is 0.312 e. The van der Waals surface area contributed by atoms with Gasteiger partial charge in [0.15, 0.2) is 0 Å². The molecule has 126 valence electrons. The molecule has 5 heteroatoms. The van der Waals surface area contributed by atoms with Gasteiger partial charge in [-0.2, -0.15) is 0 Å². The zero-order valence-corrected chi connectivity index (χ0v) is 13.8. The Labute approximate surface area is 142 Å². The summed E-state index contributed by atoms with van der Waals surface area (Å²) in [7, 11) is 0. The fraction of sp³-hybridized carbons (Fsp3) is 0.579. The normalized spacial score (nSPS) is 35.8. The maximum absolute atomic E-state index is 5.55. The van der Waals surface area contributed by atoms with Gasteiger partial charge in [0, 0.05) is 25.0 Å². The monoisotopic (exact) mass is 324 g/mol. The first-order valence-electron chi connectivity index (χ1n) is 9.17. The Morgan fingerprint density at radius 2 is 1.67 bits per heavy atom. The van der Waals surface area contributed by atoms with Crippen molar-refractivity contribution in [1.29, 1.82) is 0 Å².